The average Bonchev–Trinajstić information content (AvgIpc) is 4.05. The molecule has 0 unspecified atom stereocenters. The van der Waals surface area contributed by atoms with Gasteiger partial charge in [-0.25, -0.2) is 4.98 Å². The third kappa shape index (κ3) is 7.87. The van der Waals surface area contributed by atoms with Gasteiger partial charge in [-0.15, -0.1) is 29.7 Å². The van der Waals surface area contributed by atoms with Crippen LogP contribution < -0.4 is 9.30 Å². The van der Waals surface area contributed by atoms with E-state index in [4.69, 9.17) is 26.2 Å². The molecule has 0 spiro atoms. The SMILES string of the molecule is [2H]c1c([2H])c([2H])c(-c2cccc(-c3c([2H])c([2H])c([2H])c([2H])c3[2H])c2-[n+]2[c-]n(-c3[c-]c(Oc4[c-]c5c(cc4)c4cc(-c6ccccc6)ccc4n5-c4cc(C([2H])([2H])C(C)C)ccn4)ccc3)c3cccc(C)c32)c([2H])c1[2H].[Pt]. The molecule has 0 saturated heterocycles. The van der Waals surface area contributed by atoms with Crippen molar-refractivity contribution in [1.82, 2.24) is 14.1 Å². The number of ether oxygens (including phenoxy) is 1. The Morgan fingerprint density at radius 2 is 1.37 bits per heavy atom. The first kappa shape index (κ1) is 29.9. The van der Waals surface area contributed by atoms with Gasteiger partial charge in [0.15, 0.2) is 0 Å². The maximum absolute atomic E-state index is 9.07. The minimum atomic E-state index is -1.63. The largest absolute Gasteiger partial charge is 0.510 e. The fourth-order valence-electron chi connectivity index (χ4n) is 8.36. The number of hydrogen-bond acceptors (Lipinski definition) is 2. The Morgan fingerprint density at radius 1 is 0.662 bits per heavy atom. The van der Waals surface area contributed by atoms with Gasteiger partial charge in [0.25, 0.3) is 6.33 Å². The van der Waals surface area contributed by atoms with Crippen LogP contribution >= 0.6 is 0 Å². The van der Waals surface area contributed by atoms with E-state index in [-0.39, 0.29) is 54.9 Å². The number of fused-ring (bicyclic) bond motifs is 4. The molecule has 11 aromatic rings. The molecule has 0 amide bonds. The van der Waals surface area contributed by atoms with Crippen LogP contribution in [-0.4, -0.2) is 14.1 Å². The first-order valence-electron chi connectivity index (χ1n) is 26.8. The van der Waals surface area contributed by atoms with E-state index in [2.05, 4.69) is 42.7 Å². The van der Waals surface area contributed by atoms with Crippen molar-refractivity contribution in [2.24, 2.45) is 5.92 Å². The first-order valence-corrected chi connectivity index (χ1v) is 20.8. The summed E-state index contributed by atoms with van der Waals surface area (Å²) in [6.07, 6.45) is 3.43. The molecule has 318 valence electrons. The van der Waals surface area contributed by atoms with Gasteiger partial charge in [0.05, 0.1) is 30.4 Å². The molecule has 8 aromatic carbocycles. The summed E-state index contributed by atoms with van der Waals surface area (Å²) in [4.78, 5) is 4.77. The molecular weight excluding hydrogens is 976 g/mol. The second kappa shape index (κ2) is 17.7. The zero-order chi connectivity index (χ0) is 53.6. The van der Waals surface area contributed by atoms with Crippen LogP contribution in [0, 0.1) is 31.3 Å². The van der Waals surface area contributed by atoms with Gasteiger partial charge < -0.3 is 13.9 Å². The van der Waals surface area contributed by atoms with Gasteiger partial charge in [-0.05, 0) is 93.0 Å². The molecule has 0 aliphatic carbocycles. The molecule has 0 N–H and O–H groups in total. The van der Waals surface area contributed by atoms with Crippen LogP contribution in [0.2, 0.25) is 0 Å². The van der Waals surface area contributed by atoms with Gasteiger partial charge in [0.2, 0.25) is 0 Å². The minimum absolute atomic E-state index is 0. The summed E-state index contributed by atoms with van der Waals surface area (Å²) in [6.45, 7) is 5.57. The van der Waals surface area contributed by atoms with Crippen LogP contribution in [0.5, 0.6) is 11.5 Å². The molecule has 0 fully saturated rings. The molecule has 0 aliphatic heterocycles. The van der Waals surface area contributed by atoms with Crippen molar-refractivity contribution >= 4 is 32.8 Å². The zero-order valence-electron chi connectivity index (χ0n) is 47.3. The maximum Gasteiger partial charge on any atom is 0.268 e. The van der Waals surface area contributed by atoms with E-state index in [9.17, 15) is 0 Å². The number of pyridine rings is 1. The summed E-state index contributed by atoms with van der Waals surface area (Å²) in [5.74, 6) is 0.870. The summed E-state index contributed by atoms with van der Waals surface area (Å²) in [5, 5.41) is 1.81. The maximum atomic E-state index is 9.07. The second-order valence-electron chi connectivity index (χ2n) is 15.6. The molecule has 0 bridgehead atoms. The van der Waals surface area contributed by atoms with Crippen LogP contribution in [0.3, 0.4) is 0 Å². The Hall–Kier alpha value is -7.33. The zero-order valence-corrected chi connectivity index (χ0v) is 37.6. The summed E-state index contributed by atoms with van der Waals surface area (Å²) < 4.78 is 117. The van der Waals surface area contributed by atoms with Crippen LogP contribution in [0.15, 0.2) is 194 Å². The number of aryl methyl sites for hydroxylation is 1. The molecule has 3 aromatic heterocycles. The van der Waals surface area contributed by atoms with E-state index < -0.39 is 66.8 Å². The van der Waals surface area contributed by atoms with Crippen LogP contribution in [0.4, 0.5) is 0 Å². The average molecular weight is 1030 g/mol. The number of hydrogen-bond donors (Lipinski definition) is 0. The van der Waals surface area contributed by atoms with Gasteiger partial charge in [-0.2, -0.15) is 18.2 Å². The Balaban J connectivity index is 0.00000672. The van der Waals surface area contributed by atoms with Crippen LogP contribution in [0.25, 0.3) is 83.4 Å². The van der Waals surface area contributed by atoms with Crippen molar-refractivity contribution in [2.75, 3.05) is 0 Å². The number of imidazole rings is 1. The standard InChI is InChI=1S/C59H44N4O.Pt/c1-40(2)34-42-32-33-60-57(35-42)63-54-31-28-46(43-17-7-4-8-18-43)36-53(54)52-30-29-49(38-56(52)63)64-48-24-14-23-47(37-48)61-39-62(58-41(3)16-13-27-55(58)61)59-50(44-19-9-5-10-20-44)25-15-26-51(59)45-21-11-6-12-22-45;/h4-33,35-36,40H,34H2,1-3H3;/q-2;/i5D,6D,9D,10D,11D,12D,19D,20D,21D,22D,34D2;. The van der Waals surface area contributed by atoms with Crippen molar-refractivity contribution in [3.8, 4) is 62.1 Å². The van der Waals surface area contributed by atoms with E-state index >= 15 is 0 Å². The van der Waals surface area contributed by atoms with Crippen LogP contribution in [-0.2, 0) is 27.4 Å². The Morgan fingerprint density at radius 3 is 2.11 bits per heavy atom. The van der Waals surface area contributed by atoms with E-state index in [1.807, 2.05) is 79.9 Å². The molecule has 0 radical (unpaired) electrons. The fraction of sp³-hybridized carbons (Fsp3) is 0.0847. The fourth-order valence-corrected chi connectivity index (χ4v) is 8.36. The summed E-state index contributed by atoms with van der Waals surface area (Å²) in [7, 11) is 0. The van der Waals surface area contributed by atoms with Crippen LogP contribution in [0.1, 0.15) is 41.4 Å². The van der Waals surface area contributed by atoms with Gasteiger partial charge >= 0.3 is 0 Å². The number of benzene rings is 8. The van der Waals surface area contributed by atoms with Gasteiger partial charge in [0, 0.05) is 47.0 Å². The first-order chi connectivity index (χ1) is 36.4. The van der Waals surface area contributed by atoms with Gasteiger partial charge in [0.1, 0.15) is 5.82 Å². The quantitative estimate of drug-likeness (QED) is 0.101. The van der Waals surface area contributed by atoms with Gasteiger partial charge in [-0.3, -0.25) is 4.57 Å². The predicted octanol–water partition coefficient (Wildman–Crippen LogP) is 14.1. The normalized spacial score (nSPS) is 14.2. The molecule has 11 rings (SSSR count). The van der Waals surface area contributed by atoms with E-state index in [1.54, 1.807) is 63.9 Å². The topological polar surface area (TPSA) is 35.9 Å². The number of nitrogens with zero attached hydrogens (tertiary/aromatic N) is 4. The molecule has 3 heterocycles. The van der Waals surface area contributed by atoms with Crippen molar-refractivity contribution < 1.29 is 46.8 Å². The molecule has 0 saturated carbocycles. The summed E-state index contributed by atoms with van der Waals surface area (Å²) in [5.41, 5.74) is 6.50. The summed E-state index contributed by atoms with van der Waals surface area (Å²) in [6, 6.07) is 40.7. The third-order valence-corrected chi connectivity index (χ3v) is 11.1. The van der Waals surface area contributed by atoms with Crippen molar-refractivity contribution in [3.05, 3.63) is 224 Å². The van der Waals surface area contributed by atoms with E-state index in [0.29, 0.717) is 45.1 Å². The Labute approximate surface area is 411 Å². The second-order valence-corrected chi connectivity index (χ2v) is 15.6. The minimum Gasteiger partial charge on any atom is -0.510 e. The molecule has 0 aliphatic rings. The number of aromatic nitrogens is 4. The molecule has 65 heavy (non-hydrogen) atoms. The summed E-state index contributed by atoms with van der Waals surface area (Å²) >= 11 is 0. The molecule has 0 atom stereocenters. The third-order valence-electron chi connectivity index (χ3n) is 11.1. The Kier molecular flexibility index (Phi) is 8.14. The molecular formula is C59H44N4OPt-2. The Bertz CT molecular complexity index is 4050. The van der Waals surface area contributed by atoms with Crippen molar-refractivity contribution in [3.63, 3.8) is 0 Å². The number of rotatable bonds is 10. The molecule has 6 heteroatoms. The molecule has 5 nitrogen and oxygen atoms in total. The van der Waals surface area contributed by atoms with E-state index in [0.717, 1.165) is 33.0 Å². The van der Waals surface area contributed by atoms with Gasteiger partial charge in [-0.1, -0.05) is 159 Å². The monoisotopic (exact) mass is 1030 g/mol. The number of para-hydroxylation sites is 2. The predicted molar refractivity (Wildman–Crippen MR) is 260 cm³/mol. The van der Waals surface area contributed by atoms with E-state index in [1.165, 1.54) is 0 Å². The smallest absolute Gasteiger partial charge is 0.268 e. The van der Waals surface area contributed by atoms with Crippen molar-refractivity contribution in [1.29, 1.82) is 0 Å². The van der Waals surface area contributed by atoms with Crippen molar-refractivity contribution in [2.45, 2.75) is 27.1 Å².